The minimum atomic E-state index is 0.625. The van der Waals surface area contributed by atoms with Gasteiger partial charge in [-0.25, -0.2) is 0 Å². The maximum Gasteiger partial charge on any atom is 0.0731 e. The van der Waals surface area contributed by atoms with Gasteiger partial charge in [-0.2, -0.15) is 0 Å². The molecule has 0 amide bonds. The van der Waals surface area contributed by atoms with Crippen molar-refractivity contribution >= 4 is 11.6 Å². The SMILES string of the molecule is CCCCOCc1ccccc1Cl. The van der Waals surface area contributed by atoms with Crippen LogP contribution in [-0.4, -0.2) is 6.61 Å². The van der Waals surface area contributed by atoms with E-state index in [1.807, 2.05) is 24.3 Å². The van der Waals surface area contributed by atoms with Crippen LogP contribution in [-0.2, 0) is 11.3 Å². The normalized spacial score (nSPS) is 10.3. The molecule has 0 heterocycles. The fourth-order valence-electron chi connectivity index (χ4n) is 1.04. The van der Waals surface area contributed by atoms with E-state index in [1.165, 1.54) is 6.42 Å². The molecule has 0 spiro atoms. The van der Waals surface area contributed by atoms with Crippen molar-refractivity contribution in [3.05, 3.63) is 34.9 Å². The summed E-state index contributed by atoms with van der Waals surface area (Å²) in [6.45, 7) is 3.60. The lowest BCUT2D eigenvalue weighted by Gasteiger charge is -2.04. The Morgan fingerprint density at radius 3 is 2.77 bits per heavy atom. The fraction of sp³-hybridized carbons (Fsp3) is 0.455. The van der Waals surface area contributed by atoms with Gasteiger partial charge in [0.25, 0.3) is 0 Å². The molecule has 0 radical (unpaired) electrons. The second kappa shape index (κ2) is 6.01. The van der Waals surface area contributed by atoms with Gasteiger partial charge in [-0.1, -0.05) is 43.1 Å². The highest BCUT2D eigenvalue weighted by atomic mass is 35.5. The molecule has 1 rings (SSSR count). The van der Waals surface area contributed by atoms with Crippen LogP contribution in [0.25, 0.3) is 0 Å². The first-order valence-electron chi connectivity index (χ1n) is 4.65. The number of ether oxygens (including phenoxy) is 1. The van der Waals surface area contributed by atoms with E-state index in [0.29, 0.717) is 6.61 Å². The van der Waals surface area contributed by atoms with Crippen LogP contribution in [0.4, 0.5) is 0 Å². The number of hydrogen-bond donors (Lipinski definition) is 0. The van der Waals surface area contributed by atoms with Crippen LogP contribution in [0.5, 0.6) is 0 Å². The molecule has 1 aromatic carbocycles. The molecule has 0 aliphatic carbocycles. The van der Waals surface area contributed by atoms with Gasteiger partial charge in [-0.3, -0.25) is 0 Å². The number of hydrogen-bond acceptors (Lipinski definition) is 1. The summed E-state index contributed by atoms with van der Waals surface area (Å²) in [5.41, 5.74) is 1.07. The summed E-state index contributed by atoms with van der Waals surface area (Å²) in [7, 11) is 0. The second-order valence-corrected chi connectivity index (χ2v) is 3.40. The molecule has 0 N–H and O–H groups in total. The zero-order chi connectivity index (χ0) is 9.52. The molecule has 1 nitrogen and oxygen atoms in total. The highest BCUT2D eigenvalue weighted by Gasteiger charge is 1.97. The van der Waals surface area contributed by atoms with Crippen LogP contribution < -0.4 is 0 Å². The Balaban J connectivity index is 2.32. The molecule has 0 atom stereocenters. The lowest BCUT2D eigenvalue weighted by Crippen LogP contribution is -1.95. The summed E-state index contributed by atoms with van der Waals surface area (Å²) < 4.78 is 5.46. The van der Waals surface area contributed by atoms with Crippen LogP contribution in [0.3, 0.4) is 0 Å². The van der Waals surface area contributed by atoms with Crippen LogP contribution in [0.15, 0.2) is 24.3 Å². The number of rotatable bonds is 5. The van der Waals surface area contributed by atoms with Crippen LogP contribution in [0.1, 0.15) is 25.3 Å². The standard InChI is InChI=1S/C11H15ClO/c1-2-3-8-13-9-10-6-4-5-7-11(10)12/h4-7H,2-3,8-9H2,1H3. The third-order valence-corrected chi connectivity index (χ3v) is 2.23. The quantitative estimate of drug-likeness (QED) is 0.657. The van der Waals surface area contributed by atoms with Gasteiger partial charge in [0.15, 0.2) is 0 Å². The number of benzene rings is 1. The fourth-order valence-corrected chi connectivity index (χ4v) is 1.23. The smallest absolute Gasteiger partial charge is 0.0731 e. The minimum Gasteiger partial charge on any atom is -0.377 e. The van der Waals surface area contributed by atoms with Crippen molar-refractivity contribution in [2.45, 2.75) is 26.4 Å². The van der Waals surface area contributed by atoms with Gasteiger partial charge in [-0.15, -0.1) is 0 Å². The first-order valence-corrected chi connectivity index (χ1v) is 5.03. The van der Waals surface area contributed by atoms with E-state index in [0.717, 1.165) is 23.6 Å². The predicted octanol–water partition coefficient (Wildman–Crippen LogP) is 3.66. The average molecular weight is 199 g/mol. The van der Waals surface area contributed by atoms with E-state index < -0.39 is 0 Å². The first kappa shape index (κ1) is 10.6. The van der Waals surface area contributed by atoms with Crippen LogP contribution >= 0.6 is 11.6 Å². The Labute approximate surface area is 84.7 Å². The summed E-state index contributed by atoms with van der Waals surface area (Å²) in [5, 5.41) is 0.791. The molecule has 1 aromatic rings. The molecule has 13 heavy (non-hydrogen) atoms. The highest BCUT2D eigenvalue weighted by Crippen LogP contribution is 2.15. The van der Waals surface area contributed by atoms with Gasteiger partial charge in [0, 0.05) is 11.6 Å². The van der Waals surface area contributed by atoms with E-state index in [2.05, 4.69) is 6.92 Å². The molecule has 0 unspecified atom stereocenters. The second-order valence-electron chi connectivity index (χ2n) is 3.00. The van der Waals surface area contributed by atoms with E-state index in [-0.39, 0.29) is 0 Å². The Hall–Kier alpha value is -0.530. The van der Waals surface area contributed by atoms with Crippen molar-refractivity contribution in [3.8, 4) is 0 Å². The molecular weight excluding hydrogens is 184 g/mol. The summed E-state index contributed by atoms with van der Waals surface area (Å²) >= 11 is 5.96. The molecule has 0 aliphatic heterocycles. The third-order valence-electron chi connectivity index (χ3n) is 1.86. The van der Waals surface area contributed by atoms with Crippen molar-refractivity contribution in [2.75, 3.05) is 6.61 Å². The van der Waals surface area contributed by atoms with Crippen LogP contribution in [0.2, 0.25) is 5.02 Å². The zero-order valence-electron chi connectivity index (χ0n) is 7.92. The summed E-state index contributed by atoms with van der Waals surface area (Å²) in [6.07, 6.45) is 2.28. The van der Waals surface area contributed by atoms with Crippen molar-refractivity contribution in [1.82, 2.24) is 0 Å². The van der Waals surface area contributed by atoms with E-state index in [1.54, 1.807) is 0 Å². The Morgan fingerprint density at radius 2 is 2.08 bits per heavy atom. The maximum absolute atomic E-state index is 5.96. The Morgan fingerprint density at radius 1 is 1.31 bits per heavy atom. The molecule has 0 aromatic heterocycles. The first-order chi connectivity index (χ1) is 6.34. The third kappa shape index (κ3) is 3.79. The van der Waals surface area contributed by atoms with Gasteiger partial charge in [0.2, 0.25) is 0 Å². The highest BCUT2D eigenvalue weighted by molar-refractivity contribution is 6.31. The van der Waals surface area contributed by atoms with Gasteiger partial charge in [0.05, 0.1) is 6.61 Å². The maximum atomic E-state index is 5.96. The molecule has 0 aliphatic rings. The lowest BCUT2D eigenvalue weighted by atomic mass is 10.2. The monoisotopic (exact) mass is 198 g/mol. The molecule has 0 fully saturated rings. The molecule has 0 bridgehead atoms. The van der Waals surface area contributed by atoms with Gasteiger partial charge in [0.1, 0.15) is 0 Å². The zero-order valence-corrected chi connectivity index (χ0v) is 8.68. The predicted molar refractivity (Wildman–Crippen MR) is 56.0 cm³/mol. The van der Waals surface area contributed by atoms with Crippen molar-refractivity contribution in [2.24, 2.45) is 0 Å². The average Bonchev–Trinajstić information content (AvgIpc) is 2.15. The van der Waals surface area contributed by atoms with Gasteiger partial charge < -0.3 is 4.74 Å². The van der Waals surface area contributed by atoms with Crippen molar-refractivity contribution in [3.63, 3.8) is 0 Å². The van der Waals surface area contributed by atoms with Crippen LogP contribution in [0, 0.1) is 0 Å². The summed E-state index contributed by atoms with van der Waals surface area (Å²) in [6, 6.07) is 7.79. The minimum absolute atomic E-state index is 0.625. The summed E-state index contributed by atoms with van der Waals surface area (Å²) in [4.78, 5) is 0. The summed E-state index contributed by atoms with van der Waals surface area (Å²) in [5.74, 6) is 0. The molecule has 0 saturated heterocycles. The number of unbranched alkanes of at least 4 members (excludes halogenated alkanes) is 1. The van der Waals surface area contributed by atoms with E-state index in [9.17, 15) is 0 Å². The topological polar surface area (TPSA) is 9.23 Å². The largest absolute Gasteiger partial charge is 0.377 e. The van der Waals surface area contributed by atoms with E-state index >= 15 is 0 Å². The molecular formula is C11H15ClO. The number of halogens is 1. The van der Waals surface area contributed by atoms with Crippen molar-refractivity contribution < 1.29 is 4.74 Å². The molecule has 0 saturated carbocycles. The van der Waals surface area contributed by atoms with Gasteiger partial charge in [-0.05, 0) is 18.1 Å². The van der Waals surface area contributed by atoms with Gasteiger partial charge >= 0.3 is 0 Å². The Kier molecular flexibility index (Phi) is 4.87. The Bertz CT molecular complexity index is 248. The lowest BCUT2D eigenvalue weighted by molar-refractivity contribution is 0.118. The van der Waals surface area contributed by atoms with Crippen molar-refractivity contribution in [1.29, 1.82) is 0 Å². The molecule has 72 valence electrons. The van der Waals surface area contributed by atoms with E-state index in [4.69, 9.17) is 16.3 Å². The molecule has 2 heteroatoms.